The first-order valence-electron chi connectivity index (χ1n) is 10.1. The molecule has 0 aliphatic carbocycles. The first kappa shape index (κ1) is 20.6. The maximum absolute atomic E-state index is 13.2. The Morgan fingerprint density at radius 3 is 2.61 bits per heavy atom. The van der Waals surface area contributed by atoms with Gasteiger partial charge in [-0.2, -0.15) is 0 Å². The number of nitrogens with one attached hydrogen (secondary N) is 1. The number of halogens is 1. The topological polar surface area (TPSA) is 93.0 Å². The highest BCUT2D eigenvalue weighted by molar-refractivity contribution is 5.94. The summed E-state index contributed by atoms with van der Waals surface area (Å²) in [6, 6.07) is 11.2. The first-order valence-corrected chi connectivity index (χ1v) is 10.1. The number of carbonyl (C=O) groups is 2. The summed E-state index contributed by atoms with van der Waals surface area (Å²) >= 11 is 0. The molecule has 1 aromatic carbocycles. The smallest absolute Gasteiger partial charge is 0.293 e. The Kier molecular flexibility index (Phi) is 5.75. The van der Waals surface area contributed by atoms with Crippen LogP contribution in [0.2, 0.25) is 0 Å². The molecule has 0 radical (unpaired) electrons. The number of aryl methyl sites for hydroxylation is 2. The normalized spacial score (nSPS) is 16.2. The number of amides is 2. The number of hydrogen-bond acceptors (Lipinski definition) is 5. The maximum Gasteiger partial charge on any atom is 0.293 e. The van der Waals surface area contributed by atoms with E-state index in [0.29, 0.717) is 43.3 Å². The summed E-state index contributed by atoms with van der Waals surface area (Å²) in [5.41, 5.74) is 1.43. The Morgan fingerprint density at radius 1 is 1.10 bits per heavy atom. The third-order valence-corrected chi connectivity index (χ3v) is 5.25. The van der Waals surface area contributed by atoms with E-state index in [1.54, 1.807) is 30.0 Å². The fraction of sp³-hybridized carbons (Fsp3) is 0.318. The molecule has 0 spiro atoms. The largest absolute Gasteiger partial charge is 0.335 e. The van der Waals surface area contributed by atoms with Crippen LogP contribution in [0.1, 0.15) is 35.0 Å². The third-order valence-electron chi connectivity index (χ3n) is 5.25. The number of piperidine rings is 1. The lowest BCUT2D eigenvalue weighted by atomic mass is 9.97. The van der Waals surface area contributed by atoms with E-state index in [9.17, 15) is 14.0 Å². The average molecular weight is 422 g/mol. The predicted octanol–water partition coefficient (Wildman–Crippen LogP) is 2.91. The molecule has 2 amide bonds. The summed E-state index contributed by atoms with van der Waals surface area (Å²) in [5, 5.41) is 7.15. The van der Waals surface area contributed by atoms with E-state index < -0.39 is 0 Å². The van der Waals surface area contributed by atoms with Crippen molar-refractivity contribution in [1.29, 1.82) is 0 Å². The molecule has 1 N–H and O–H groups in total. The monoisotopic (exact) mass is 422 g/mol. The predicted molar refractivity (Wildman–Crippen MR) is 112 cm³/mol. The van der Waals surface area contributed by atoms with E-state index in [2.05, 4.69) is 20.4 Å². The number of anilines is 1. The molecule has 2 aromatic heterocycles. The van der Waals surface area contributed by atoms with E-state index in [-0.39, 0.29) is 29.4 Å². The van der Waals surface area contributed by atoms with Crippen LogP contribution in [0.4, 0.5) is 10.2 Å². The molecule has 1 fully saturated rings. The molecule has 0 bridgehead atoms. The van der Waals surface area contributed by atoms with Crippen LogP contribution in [0, 0.1) is 25.6 Å². The van der Waals surface area contributed by atoms with Gasteiger partial charge in [0.1, 0.15) is 17.5 Å². The molecule has 31 heavy (non-hydrogen) atoms. The lowest BCUT2D eigenvalue weighted by Gasteiger charge is -2.31. The summed E-state index contributed by atoms with van der Waals surface area (Å²) in [7, 11) is 0. The summed E-state index contributed by atoms with van der Waals surface area (Å²) in [6.07, 6.45) is 1.40. The number of aromatic nitrogens is 4. The van der Waals surface area contributed by atoms with E-state index >= 15 is 0 Å². The van der Waals surface area contributed by atoms with Gasteiger partial charge in [0, 0.05) is 18.8 Å². The molecule has 1 atom stereocenters. The highest BCUT2D eigenvalue weighted by Crippen LogP contribution is 2.20. The first-order chi connectivity index (χ1) is 14.9. The Morgan fingerprint density at radius 2 is 1.87 bits per heavy atom. The minimum atomic E-state index is -0.351. The van der Waals surface area contributed by atoms with Gasteiger partial charge in [-0.05, 0) is 63.1 Å². The summed E-state index contributed by atoms with van der Waals surface area (Å²) in [4.78, 5) is 35.9. The number of benzene rings is 1. The van der Waals surface area contributed by atoms with Gasteiger partial charge in [0.2, 0.25) is 11.7 Å². The molecule has 4 rings (SSSR count). The van der Waals surface area contributed by atoms with Crippen molar-refractivity contribution in [2.24, 2.45) is 5.92 Å². The average Bonchev–Trinajstić information content (AvgIpc) is 3.15. The molecule has 9 heteroatoms. The second kappa shape index (κ2) is 8.63. The molecule has 160 valence electrons. The Labute approximate surface area is 179 Å². The zero-order valence-electron chi connectivity index (χ0n) is 17.4. The van der Waals surface area contributed by atoms with E-state index in [4.69, 9.17) is 0 Å². The van der Waals surface area contributed by atoms with Crippen LogP contribution in [0.5, 0.6) is 0 Å². The van der Waals surface area contributed by atoms with Crippen molar-refractivity contribution in [2.45, 2.75) is 26.7 Å². The summed E-state index contributed by atoms with van der Waals surface area (Å²) in [5.74, 6) is -0.0814. The Bertz CT molecular complexity index is 1110. The number of pyridine rings is 1. The van der Waals surface area contributed by atoms with Gasteiger partial charge in [-0.25, -0.2) is 19.0 Å². The minimum Gasteiger partial charge on any atom is -0.335 e. The van der Waals surface area contributed by atoms with Crippen LogP contribution < -0.4 is 5.32 Å². The molecule has 1 saturated heterocycles. The molecule has 1 aliphatic rings. The Balaban J connectivity index is 1.46. The van der Waals surface area contributed by atoms with Gasteiger partial charge in [0.05, 0.1) is 11.6 Å². The molecular formula is C22H23FN6O2. The van der Waals surface area contributed by atoms with Gasteiger partial charge in [-0.1, -0.05) is 6.07 Å². The number of hydrogen-bond donors (Lipinski definition) is 1. The molecule has 1 aliphatic heterocycles. The second-order valence-corrected chi connectivity index (χ2v) is 7.61. The van der Waals surface area contributed by atoms with Crippen molar-refractivity contribution >= 4 is 17.6 Å². The van der Waals surface area contributed by atoms with E-state index in [0.717, 1.165) is 5.69 Å². The quantitative estimate of drug-likeness (QED) is 0.698. The van der Waals surface area contributed by atoms with Gasteiger partial charge < -0.3 is 10.2 Å². The van der Waals surface area contributed by atoms with Gasteiger partial charge in [0.25, 0.3) is 5.91 Å². The van der Waals surface area contributed by atoms with Crippen molar-refractivity contribution in [3.8, 4) is 5.69 Å². The zero-order chi connectivity index (χ0) is 22.0. The van der Waals surface area contributed by atoms with Crippen molar-refractivity contribution in [2.75, 3.05) is 18.4 Å². The number of likely N-dealkylation sites (tertiary alicyclic amines) is 1. The van der Waals surface area contributed by atoms with Crippen LogP contribution in [0.15, 0.2) is 42.5 Å². The summed E-state index contributed by atoms with van der Waals surface area (Å²) in [6.45, 7) is 4.42. The number of rotatable bonds is 4. The van der Waals surface area contributed by atoms with Crippen LogP contribution in [-0.2, 0) is 4.79 Å². The van der Waals surface area contributed by atoms with Crippen LogP contribution in [-0.4, -0.2) is 49.6 Å². The van der Waals surface area contributed by atoms with Crippen molar-refractivity contribution < 1.29 is 14.0 Å². The van der Waals surface area contributed by atoms with E-state index in [1.807, 2.05) is 19.1 Å². The van der Waals surface area contributed by atoms with Crippen LogP contribution in [0.3, 0.4) is 0 Å². The number of nitrogens with zero attached hydrogens (tertiary/aromatic N) is 5. The Hall–Kier alpha value is -3.62. The maximum atomic E-state index is 13.2. The molecule has 8 nitrogen and oxygen atoms in total. The lowest BCUT2D eigenvalue weighted by molar-refractivity contribution is -0.121. The van der Waals surface area contributed by atoms with E-state index in [1.165, 1.54) is 16.8 Å². The second-order valence-electron chi connectivity index (χ2n) is 7.61. The zero-order valence-corrected chi connectivity index (χ0v) is 17.4. The third kappa shape index (κ3) is 4.60. The van der Waals surface area contributed by atoms with Crippen molar-refractivity contribution in [1.82, 2.24) is 24.6 Å². The van der Waals surface area contributed by atoms with Gasteiger partial charge in [-0.3, -0.25) is 9.59 Å². The number of carbonyl (C=O) groups excluding carboxylic acids is 2. The summed E-state index contributed by atoms with van der Waals surface area (Å²) < 4.78 is 14.7. The highest BCUT2D eigenvalue weighted by atomic mass is 19.1. The van der Waals surface area contributed by atoms with Gasteiger partial charge >= 0.3 is 0 Å². The SMILES string of the molecule is Cc1cccc(NC(=O)C2CCCN(C(=O)c3nc(C)n(-c4ccc(F)cc4)n3)C2)n1. The standard InChI is InChI=1S/C22H23FN6O2/c1-14-5-3-7-19(24-14)26-21(30)16-6-4-12-28(13-16)22(31)20-25-15(2)29(27-20)18-10-8-17(23)9-11-18/h3,5,7-11,16H,4,6,12-13H2,1-2H3,(H,24,26,30). The minimum absolute atomic E-state index is 0.0585. The molecule has 0 saturated carbocycles. The lowest BCUT2D eigenvalue weighted by Crippen LogP contribution is -2.44. The fourth-order valence-corrected chi connectivity index (χ4v) is 3.67. The van der Waals surface area contributed by atoms with Crippen molar-refractivity contribution in [3.63, 3.8) is 0 Å². The molecule has 3 aromatic rings. The van der Waals surface area contributed by atoms with Crippen LogP contribution in [0.25, 0.3) is 5.69 Å². The molecular weight excluding hydrogens is 399 g/mol. The van der Waals surface area contributed by atoms with Gasteiger partial charge in [0.15, 0.2) is 0 Å². The van der Waals surface area contributed by atoms with Crippen molar-refractivity contribution in [3.05, 3.63) is 65.6 Å². The molecule has 3 heterocycles. The van der Waals surface area contributed by atoms with Crippen LogP contribution >= 0.6 is 0 Å². The van der Waals surface area contributed by atoms with Gasteiger partial charge in [-0.15, -0.1) is 5.10 Å². The molecule has 1 unspecified atom stereocenters. The highest BCUT2D eigenvalue weighted by Gasteiger charge is 2.31. The fourth-order valence-electron chi connectivity index (χ4n) is 3.67.